The van der Waals surface area contributed by atoms with Gasteiger partial charge >= 0.3 is 0 Å². The molecule has 0 aliphatic carbocycles. The van der Waals surface area contributed by atoms with E-state index in [1.54, 1.807) is 6.92 Å². The van der Waals surface area contributed by atoms with E-state index in [2.05, 4.69) is 5.32 Å². The minimum atomic E-state index is -0.0764. The van der Waals surface area contributed by atoms with E-state index in [0.29, 0.717) is 19.4 Å². The van der Waals surface area contributed by atoms with Gasteiger partial charge in [-0.1, -0.05) is 6.92 Å². The predicted octanol–water partition coefficient (Wildman–Crippen LogP) is -0.778. The molecule has 66 valence electrons. The van der Waals surface area contributed by atoms with Crippen LogP contribution in [0.3, 0.4) is 0 Å². The van der Waals surface area contributed by atoms with Gasteiger partial charge in [0.25, 0.3) is 0 Å². The Bertz CT molecular complexity index is 117. The second-order valence-electron chi connectivity index (χ2n) is 2.37. The SMILES string of the molecule is CCC(=O)NC(CN)CCO. The van der Waals surface area contributed by atoms with Gasteiger partial charge < -0.3 is 16.2 Å². The highest BCUT2D eigenvalue weighted by Crippen LogP contribution is 1.88. The summed E-state index contributed by atoms with van der Waals surface area (Å²) < 4.78 is 0. The highest BCUT2D eigenvalue weighted by Gasteiger charge is 2.07. The number of aliphatic hydroxyl groups excluding tert-OH is 1. The normalized spacial score (nSPS) is 12.6. The van der Waals surface area contributed by atoms with Crippen molar-refractivity contribution in [3.63, 3.8) is 0 Å². The summed E-state index contributed by atoms with van der Waals surface area (Å²) in [5.74, 6) is -0.0195. The Hall–Kier alpha value is -0.610. The second-order valence-corrected chi connectivity index (χ2v) is 2.37. The topological polar surface area (TPSA) is 75.4 Å². The van der Waals surface area contributed by atoms with Gasteiger partial charge in [0.1, 0.15) is 0 Å². The van der Waals surface area contributed by atoms with Crippen molar-refractivity contribution in [1.29, 1.82) is 0 Å². The number of carbonyl (C=O) groups is 1. The summed E-state index contributed by atoms with van der Waals surface area (Å²) in [6, 6.07) is -0.0764. The van der Waals surface area contributed by atoms with Gasteiger partial charge in [0.05, 0.1) is 0 Å². The first-order valence-electron chi connectivity index (χ1n) is 3.84. The van der Waals surface area contributed by atoms with Gasteiger partial charge in [-0.3, -0.25) is 4.79 Å². The van der Waals surface area contributed by atoms with E-state index in [4.69, 9.17) is 10.8 Å². The highest BCUT2D eigenvalue weighted by atomic mass is 16.3. The van der Waals surface area contributed by atoms with Gasteiger partial charge in [-0.2, -0.15) is 0 Å². The highest BCUT2D eigenvalue weighted by molar-refractivity contribution is 5.75. The van der Waals surface area contributed by atoms with Crippen molar-refractivity contribution in [2.24, 2.45) is 5.73 Å². The minimum Gasteiger partial charge on any atom is -0.396 e. The van der Waals surface area contributed by atoms with Crippen LogP contribution in [0.4, 0.5) is 0 Å². The van der Waals surface area contributed by atoms with Crippen molar-refractivity contribution >= 4 is 5.91 Å². The Morgan fingerprint density at radius 1 is 1.73 bits per heavy atom. The molecule has 4 N–H and O–H groups in total. The second kappa shape index (κ2) is 6.12. The van der Waals surface area contributed by atoms with E-state index >= 15 is 0 Å². The number of hydrogen-bond acceptors (Lipinski definition) is 3. The molecule has 0 saturated heterocycles. The zero-order chi connectivity index (χ0) is 8.69. The zero-order valence-electron chi connectivity index (χ0n) is 6.84. The standard InChI is InChI=1S/C7H16N2O2/c1-2-7(11)9-6(5-8)3-4-10/h6,10H,2-5,8H2,1H3,(H,9,11). The van der Waals surface area contributed by atoms with Gasteiger partial charge in [-0.25, -0.2) is 0 Å². The Morgan fingerprint density at radius 3 is 2.73 bits per heavy atom. The summed E-state index contributed by atoms with van der Waals surface area (Å²) in [6.07, 6.45) is 0.990. The van der Waals surface area contributed by atoms with Crippen LogP contribution in [-0.4, -0.2) is 30.2 Å². The largest absolute Gasteiger partial charge is 0.396 e. The smallest absolute Gasteiger partial charge is 0.219 e. The maximum Gasteiger partial charge on any atom is 0.219 e. The first kappa shape index (κ1) is 10.4. The molecule has 0 aromatic carbocycles. The van der Waals surface area contributed by atoms with Crippen LogP contribution >= 0.6 is 0 Å². The molecule has 0 aliphatic rings. The van der Waals surface area contributed by atoms with Crippen molar-refractivity contribution in [2.75, 3.05) is 13.2 Å². The van der Waals surface area contributed by atoms with Crippen molar-refractivity contribution < 1.29 is 9.90 Å². The minimum absolute atomic E-state index is 0.0195. The lowest BCUT2D eigenvalue weighted by atomic mass is 10.2. The van der Waals surface area contributed by atoms with E-state index in [0.717, 1.165) is 0 Å². The van der Waals surface area contributed by atoms with Crippen molar-refractivity contribution in [2.45, 2.75) is 25.8 Å². The van der Waals surface area contributed by atoms with E-state index in [9.17, 15) is 4.79 Å². The molecule has 0 bridgehead atoms. The maximum absolute atomic E-state index is 10.8. The van der Waals surface area contributed by atoms with Gasteiger partial charge in [0.15, 0.2) is 0 Å². The fraction of sp³-hybridized carbons (Fsp3) is 0.857. The molecular weight excluding hydrogens is 144 g/mol. The van der Waals surface area contributed by atoms with E-state index in [1.165, 1.54) is 0 Å². The molecule has 4 heteroatoms. The molecule has 11 heavy (non-hydrogen) atoms. The van der Waals surface area contributed by atoms with Crippen LogP contribution in [0.2, 0.25) is 0 Å². The molecule has 4 nitrogen and oxygen atoms in total. The first-order chi connectivity index (χ1) is 5.24. The van der Waals surface area contributed by atoms with Crippen LogP contribution in [-0.2, 0) is 4.79 Å². The maximum atomic E-state index is 10.8. The lowest BCUT2D eigenvalue weighted by Crippen LogP contribution is -2.40. The van der Waals surface area contributed by atoms with Crippen LogP contribution < -0.4 is 11.1 Å². The molecule has 0 heterocycles. The van der Waals surface area contributed by atoms with Crippen LogP contribution in [0.15, 0.2) is 0 Å². The van der Waals surface area contributed by atoms with Crippen LogP contribution in [0.1, 0.15) is 19.8 Å². The number of nitrogens with two attached hydrogens (primary N) is 1. The number of rotatable bonds is 5. The molecule has 0 radical (unpaired) electrons. The summed E-state index contributed by atoms with van der Waals surface area (Å²) in [6.45, 7) is 2.22. The molecule has 0 spiro atoms. The Labute approximate surface area is 66.8 Å². The number of carbonyl (C=O) groups excluding carboxylic acids is 1. The molecule has 0 aromatic rings. The van der Waals surface area contributed by atoms with Gasteiger partial charge in [0.2, 0.25) is 5.91 Å². The number of hydrogen-bond donors (Lipinski definition) is 3. The third-order valence-corrected chi connectivity index (χ3v) is 1.45. The third-order valence-electron chi connectivity index (χ3n) is 1.45. The van der Waals surface area contributed by atoms with Crippen LogP contribution in [0, 0.1) is 0 Å². The monoisotopic (exact) mass is 160 g/mol. The Kier molecular flexibility index (Phi) is 5.78. The first-order valence-corrected chi connectivity index (χ1v) is 3.84. The molecular formula is C7H16N2O2. The van der Waals surface area contributed by atoms with E-state index in [-0.39, 0.29) is 18.6 Å². The lowest BCUT2D eigenvalue weighted by Gasteiger charge is -2.14. The zero-order valence-corrected chi connectivity index (χ0v) is 6.84. The quantitative estimate of drug-likeness (QED) is 0.494. The van der Waals surface area contributed by atoms with E-state index < -0.39 is 0 Å². The molecule has 1 unspecified atom stereocenters. The van der Waals surface area contributed by atoms with Crippen molar-refractivity contribution in [1.82, 2.24) is 5.32 Å². The fourth-order valence-corrected chi connectivity index (χ4v) is 0.735. The predicted molar refractivity (Wildman–Crippen MR) is 43.0 cm³/mol. The average Bonchev–Trinajstić information content (AvgIpc) is 2.03. The van der Waals surface area contributed by atoms with Crippen LogP contribution in [0.5, 0.6) is 0 Å². The van der Waals surface area contributed by atoms with Crippen molar-refractivity contribution in [3.8, 4) is 0 Å². The van der Waals surface area contributed by atoms with Gasteiger partial charge in [-0.15, -0.1) is 0 Å². The molecule has 1 amide bonds. The number of amides is 1. The molecule has 0 rings (SSSR count). The summed E-state index contributed by atoms with van der Waals surface area (Å²) in [5, 5.41) is 11.2. The molecule has 0 aromatic heterocycles. The van der Waals surface area contributed by atoms with Crippen LogP contribution in [0.25, 0.3) is 0 Å². The molecule has 1 atom stereocenters. The number of nitrogens with one attached hydrogen (secondary N) is 1. The molecule has 0 saturated carbocycles. The summed E-state index contributed by atoms with van der Waals surface area (Å²) in [4.78, 5) is 10.8. The Morgan fingerprint density at radius 2 is 2.36 bits per heavy atom. The van der Waals surface area contributed by atoms with Gasteiger partial charge in [0, 0.05) is 25.6 Å². The molecule has 0 aliphatic heterocycles. The fourth-order valence-electron chi connectivity index (χ4n) is 0.735. The summed E-state index contributed by atoms with van der Waals surface area (Å²) >= 11 is 0. The van der Waals surface area contributed by atoms with E-state index in [1.807, 2.05) is 0 Å². The average molecular weight is 160 g/mol. The Balaban J connectivity index is 3.58. The summed E-state index contributed by atoms with van der Waals surface area (Å²) in [5.41, 5.74) is 5.34. The lowest BCUT2D eigenvalue weighted by molar-refractivity contribution is -0.121. The third kappa shape index (κ3) is 4.75. The molecule has 0 fully saturated rings. The summed E-state index contributed by atoms with van der Waals surface area (Å²) in [7, 11) is 0. The number of aliphatic hydroxyl groups is 1. The van der Waals surface area contributed by atoms with Crippen molar-refractivity contribution in [3.05, 3.63) is 0 Å². The van der Waals surface area contributed by atoms with Gasteiger partial charge in [-0.05, 0) is 6.42 Å².